The largest absolute Gasteiger partial charge is 0.391 e. The molecule has 0 aromatic rings. The minimum Gasteiger partial charge on any atom is -0.391 e. The maximum atomic E-state index is 11.5. The lowest BCUT2D eigenvalue weighted by atomic mass is 9.79. The average molecular weight is 200 g/mol. The van der Waals surface area contributed by atoms with Crippen LogP contribution >= 0.6 is 0 Å². The molecule has 0 heterocycles. The van der Waals surface area contributed by atoms with Crippen molar-refractivity contribution >= 4 is 5.78 Å². The monoisotopic (exact) mass is 200 g/mol. The zero-order valence-corrected chi connectivity index (χ0v) is 9.03. The second-order valence-electron chi connectivity index (χ2n) is 4.39. The Bertz CT molecular complexity index is 191. The van der Waals surface area contributed by atoms with Crippen LogP contribution in [0.1, 0.15) is 32.6 Å². The number of carbonyl (C=O) groups is 1. The van der Waals surface area contributed by atoms with Crippen LogP contribution in [0.3, 0.4) is 0 Å². The van der Waals surface area contributed by atoms with Crippen molar-refractivity contribution in [2.24, 2.45) is 11.8 Å². The summed E-state index contributed by atoms with van der Waals surface area (Å²) in [6, 6.07) is 0. The molecular weight excluding hydrogens is 180 g/mol. The molecule has 1 aliphatic carbocycles. The molecule has 1 rings (SSSR count). The zero-order chi connectivity index (χ0) is 10.6. The third-order valence-electron chi connectivity index (χ3n) is 2.94. The van der Waals surface area contributed by atoms with Gasteiger partial charge in [0.2, 0.25) is 0 Å². The van der Waals surface area contributed by atoms with Crippen molar-refractivity contribution in [1.29, 1.82) is 0 Å². The first-order chi connectivity index (χ1) is 6.63. The molecule has 1 N–H and O–H groups in total. The van der Waals surface area contributed by atoms with Gasteiger partial charge in [-0.05, 0) is 25.2 Å². The standard InChI is InChI=1S/C11H20O3/c1-8-3-4-11(13)9(5-8)6-10(12)7-14-2/h8-10,12H,3-7H2,1-2H3. The van der Waals surface area contributed by atoms with Crippen molar-refractivity contribution in [2.45, 2.75) is 38.7 Å². The fourth-order valence-electron chi connectivity index (χ4n) is 2.14. The van der Waals surface area contributed by atoms with Crippen molar-refractivity contribution in [2.75, 3.05) is 13.7 Å². The molecule has 0 aromatic carbocycles. The van der Waals surface area contributed by atoms with Crippen LogP contribution in [0.15, 0.2) is 0 Å². The number of ketones is 1. The Morgan fingerprint density at radius 3 is 3.00 bits per heavy atom. The first-order valence-electron chi connectivity index (χ1n) is 5.33. The van der Waals surface area contributed by atoms with E-state index < -0.39 is 6.10 Å². The predicted molar refractivity (Wildman–Crippen MR) is 54.0 cm³/mol. The van der Waals surface area contributed by atoms with E-state index >= 15 is 0 Å². The van der Waals surface area contributed by atoms with E-state index in [0.29, 0.717) is 31.1 Å². The summed E-state index contributed by atoms with van der Waals surface area (Å²) in [6.45, 7) is 2.50. The first-order valence-corrected chi connectivity index (χ1v) is 5.33. The van der Waals surface area contributed by atoms with E-state index in [1.165, 1.54) is 0 Å². The molecule has 0 radical (unpaired) electrons. The van der Waals surface area contributed by atoms with E-state index in [4.69, 9.17) is 4.74 Å². The van der Waals surface area contributed by atoms with Gasteiger partial charge in [0.15, 0.2) is 0 Å². The van der Waals surface area contributed by atoms with Crippen LogP contribution in [-0.2, 0) is 9.53 Å². The fraction of sp³-hybridized carbons (Fsp3) is 0.909. The van der Waals surface area contributed by atoms with Crippen LogP contribution in [0.2, 0.25) is 0 Å². The van der Waals surface area contributed by atoms with Gasteiger partial charge in [-0.15, -0.1) is 0 Å². The van der Waals surface area contributed by atoms with E-state index in [9.17, 15) is 9.90 Å². The Balaban J connectivity index is 2.37. The van der Waals surface area contributed by atoms with E-state index in [0.717, 1.165) is 12.8 Å². The van der Waals surface area contributed by atoms with Gasteiger partial charge in [-0.2, -0.15) is 0 Å². The maximum Gasteiger partial charge on any atom is 0.136 e. The van der Waals surface area contributed by atoms with Crippen molar-refractivity contribution < 1.29 is 14.6 Å². The molecule has 0 aromatic heterocycles. The molecule has 1 fully saturated rings. The summed E-state index contributed by atoms with van der Waals surface area (Å²) < 4.78 is 4.85. The molecular formula is C11H20O3. The molecule has 0 amide bonds. The summed E-state index contributed by atoms with van der Waals surface area (Å²) in [5, 5.41) is 9.53. The Labute approximate surface area is 85.5 Å². The number of ether oxygens (including phenoxy) is 1. The van der Waals surface area contributed by atoms with E-state index in [-0.39, 0.29) is 5.92 Å². The van der Waals surface area contributed by atoms with Gasteiger partial charge in [0, 0.05) is 19.4 Å². The topological polar surface area (TPSA) is 46.5 Å². The maximum absolute atomic E-state index is 11.5. The zero-order valence-electron chi connectivity index (χ0n) is 9.03. The summed E-state index contributed by atoms with van der Waals surface area (Å²) in [6.07, 6.45) is 2.71. The number of methoxy groups -OCH3 is 1. The number of aliphatic hydroxyl groups excluding tert-OH is 1. The van der Waals surface area contributed by atoms with Gasteiger partial charge >= 0.3 is 0 Å². The highest BCUT2D eigenvalue weighted by Gasteiger charge is 2.28. The Hall–Kier alpha value is -0.410. The molecule has 3 heteroatoms. The second kappa shape index (κ2) is 5.47. The molecule has 0 saturated heterocycles. The molecule has 0 bridgehead atoms. The number of aliphatic hydroxyl groups is 1. The SMILES string of the molecule is COCC(O)CC1CC(C)CCC1=O. The number of rotatable bonds is 4. The lowest BCUT2D eigenvalue weighted by Gasteiger charge is -2.26. The van der Waals surface area contributed by atoms with Crippen LogP contribution in [0, 0.1) is 11.8 Å². The first kappa shape index (κ1) is 11.7. The lowest BCUT2D eigenvalue weighted by molar-refractivity contribution is -0.127. The van der Waals surface area contributed by atoms with Crippen molar-refractivity contribution in [3.63, 3.8) is 0 Å². The minimum absolute atomic E-state index is 0.0592. The Morgan fingerprint density at radius 2 is 2.36 bits per heavy atom. The van der Waals surface area contributed by atoms with E-state index in [2.05, 4.69) is 6.92 Å². The van der Waals surface area contributed by atoms with Crippen LogP contribution < -0.4 is 0 Å². The van der Waals surface area contributed by atoms with Gasteiger partial charge in [0.1, 0.15) is 5.78 Å². The van der Waals surface area contributed by atoms with E-state index in [1.807, 2.05) is 0 Å². The summed E-state index contributed by atoms with van der Waals surface area (Å²) in [7, 11) is 1.56. The fourth-order valence-corrected chi connectivity index (χ4v) is 2.14. The molecule has 3 nitrogen and oxygen atoms in total. The Kier molecular flexibility index (Phi) is 4.55. The summed E-state index contributed by atoms with van der Waals surface area (Å²) >= 11 is 0. The van der Waals surface area contributed by atoms with Crippen molar-refractivity contribution in [3.05, 3.63) is 0 Å². The Morgan fingerprint density at radius 1 is 1.64 bits per heavy atom. The third kappa shape index (κ3) is 3.39. The van der Waals surface area contributed by atoms with Crippen LogP contribution in [0.5, 0.6) is 0 Å². The smallest absolute Gasteiger partial charge is 0.136 e. The van der Waals surface area contributed by atoms with Crippen LogP contribution in [-0.4, -0.2) is 30.7 Å². The molecule has 1 saturated carbocycles. The highest BCUT2D eigenvalue weighted by molar-refractivity contribution is 5.81. The summed E-state index contributed by atoms with van der Waals surface area (Å²) in [4.78, 5) is 11.5. The molecule has 14 heavy (non-hydrogen) atoms. The molecule has 82 valence electrons. The highest BCUT2D eigenvalue weighted by Crippen LogP contribution is 2.28. The molecule has 3 atom stereocenters. The lowest BCUT2D eigenvalue weighted by Crippen LogP contribution is -2.29. The second-order valence-corrected chi connectivity index (χ2v) is 4.39. The van der Waals surface area contributed by atoms with Gasteiger partial charge in [-0.1, -0.05) is 6.92 Å². The molecule has 1 aliphatic rings. The van der Waals surface area contributed by atoms with Crippen LogP contribution in [0.4, 0.5) is 0 Å². The summed E-state index contributed by atoms with van der Waals surface area (Å²) in [5.41, 5.74) is 0. The van der Waals surface area contributed by atoms with Crippen molar-refractivity contribution in [1.82, 2.24) is 0 Å². The van der Waals surface area contributed by atoms with Gasteiger partial charge in [-0.25, -0.2) is 0 Å². The molecule has 0 spiro atoms. The van der Waals surface area contributed by atoms with Crippen molar-refractivity contribution in [3.8, 4) is 0 Å². The van der Waals surface area contributed by atoms with Crippen LogP contribution in [0.25, 0.3) is 0 Å². The normalized spacial score (nSPS) is 30.4. The highest BCUT2D eigenvalue weighted by atomic mass is 16.5. The summed E-state index contributed by atoms with van der Waals surface area (Å²) in [5.74, 6) is 0.995. The molecule has 3 unspecified atom stereocenters. The quantitative estimate of drug-likeness (QED) is 0.746. The number of hydrogen-bond acceptors (Lipinski definition) is 3. The van der Waals surface area contributed by atoms with Gasteiger partial charge < -0.3 is 9.84 Å². The predicted octanol–water partition coefficient (Wildman–Crippen LogP) is 1.39. The number of carbonyl (C=O) groups excluding carboxylic acids is 1. The minimum atomic E-state index is -0.487. The van der Waals surface area contributed by atoms with Gasteiger partial charge in [0.05, 0.1) is 12.7 Å². The average Bonchev–Trinajstić information content (AvgIpc) is 2.12. The van der Waals surface area contributed by atoms with E-state index in [1.54, 1.807) is 7.11 Å². The number of Topliss-reactive ketones (excluding diaryl/α,β-unsaturated/α-hetero) is 1. The number of hydrogen-bond donors (Lipinski definition) is 1. The van der Waals surface area contributed by atoms with Gasteiger partial charge in [0.25, 0.3) is 0 Å². The third-order valence-corrected chi connectivity index (χ3v) is 2.94. The molecule has 0 aliphatic heterocycles. The van der Waals surface area contributed by atoms with Gasteiger partial charge in [-0.3, -0.25) is 4.79 Å².